The van der Waals surface area contributed by atoms with Gasteiger partial charge in [-0.3, -0.25) is 0 Å². The van der Waals surface area contributed by atoms with Crippen molar-refractivity contribution < 1.29 is 4.74 Å². The van der Waals surface area contributed by atoms with Crippen LogP contribution in [0.3, 0.4) is 0 Å². The molecule has 13 heavy (non-hydrogen) atoms. The first kappa shape index (κ1) is 10.2. The van der Waals surface area contributed by atoms with Gasteiger partial charge in [-0.25, -0.2) is 4.98 Å². The number of nitrogens with one attached hydrogen (secondary N) is 1. The molecule has 4 nitrogen and oxygen atoms in total. The van der Waals surface area contributed by atoms with Crippen LogP contribution in [0.4, 0.5) is 0 Å². The van der Waals surface area contributed by atoms with E-state index in [2.05, 4.69) is 17.2 Å². The van der Waals surface area contributed by atoms with E-state index in [0.29, 0.717) is 6.73 Å². The quantitative estimate of drug-likeness (QED) is 0.668. The molecule has 0 aromatic carbocycles. The third kappa shape index (κ3) is 3.16. The van der Waals surface area contributed by atoms with Gasteiger partial charge in [0.1, 0.15) is 12.6 Å². The smallest absolute Gasteiger partial charge is 0.124 e. The Labute approximate surface area is 78.9 Å². The second-order valence-corrected chi connectivity index (χ2v) is 2.91. The van der Waals surface area contributed by atoms with Gasteiger partial charge in [0.15, 0.2) is 0 Å². The van der Waals surface area contributed by atoms with Crippen LogP contribution in [0.5, 0.6) is 0 Å². The van der Waals surface area contributed by atoms with E-state index in [1.54, 1.807) is 13.3 Å². The molecule has 74 valence electrons. The van der Waals surface area contributed by atoms with E-state index < -0.39 is 0 Å². The summed E-state index contributed by atoms with van der Waals surface area (Å²) >= 11 is 0. The standard InChI is InChI=1S/C9H17N3O/c1-3-4-10-7-9-11-5-6-12(9)8-13-2/h5-6,10H,3-4,7-8H2,1-2H3. The number of rotatable bonds is 6. The van der Waals surface area contributed by atoms with Gasteiger partial charge in [-0.05, 0) is 13.0 Å². The Kier molecular flexibility index (Phi) is 4.49. The van der Waals surface area contributed by atoms with Gasteiger partial charge in [0.05, 0.1) is 6.54 Å². The lowest BCUT2D eigenvalue weighted by atomic mass is 10.4. The van der Waals surface area contributed by atoms with Crippen LogP contribution < -0.4 is 5.32 Å². The summed E-state index contributed by atoms with van der Waals surface area (Å²) in [7, 11) is 1.68. The zero-order valence-corrected chi connectivity index (χ0v) is 8.29. The molecule has 0 aliphatic heterocycles. The van der Waals surface area contributed by atoms with Crippen molar-refractivity contribution in [2.75, 3.05) is 13.7 Å². The van der Waals surface area contributed by atoms with Crippen molar-refractivity contribution in [1.29, 1.82) is 0 Å². The SMILES string of the molecule is CCCNCc1nccn1COC. The summed E-state index contributed by atoms with van der Waals surface area (Å²) in [6.07, 6.45) is 4.86. The molecule has 1 rings (SSSR count). The predicted octanol–water partition coefficient (Wildman–Crippen LogP) is 0.987. The first-order chi connectivity index (χ1) is 6.38. The van der Waals surface area contributed by atoms with Crippen LogP contribution in [-0.4, -0.2) is 23.2 Å². The Morgan fingerprint density at radius 1 is 1.62 bits per heavy atom. The lowest BCUT2D eigenvalue weighted by molar-refractivity contribution is 0.128. The van der Waals surface area contributed by atoms with E-state index in [0.717, 1.165) is 25.3 Å². The topological polar surface area (TPSA) is 39.1 Å². The maximum Gasteiger partial charge on any atom is 0.124 e. The number of aromatic nitrogens is 2. The molecule has 1 aromatic heterocycles. The molecule has 0 saturated carbocycles. The lowest BCUT2D eigenvalue weighted by Crippen LogP contribution is -2.17. The van der Waals surface area contributed by atoms with Crippen LogP contribution >= 0.6 is 0 Å². The maximum absolute atomic E-state index is 5.03. The molecular formula is C9H17N3O. The fraction of sp³-hybridized carbons (Fsp3) is 0.667. The minimum atomic E-state index is 0.573. The highest BCUT2D eigenvalue weighted by Crippen LogP contribution is 1.96. The first-order valence-corrected chi connectivity index (χ1v) is 4.58. The Bertz CT molecular complexity index is 235. The molecule has 0 saturated heterocycles. The van der Waals surface area contributed by atoms with Crippen LogP contribution in [0.2, 0.25) is 0 Å². The zero-order chi connectivity index (χ0) is 9.52. The molecule has 1 aromatic rings. The largest absolute Gasteiger partial charge is 0.364 e. The number of methoxy groups -OCH3 is 1. The van der Waals surface area contributed by atoms with Crippen LogP contribution in [0.15, 0.2) is 12.4 Å². The molecule has 0 radical (unpaired) electrons. The fourth-order valence-electron chi connectivity index (χ4n) is 1.14. The van der Waals surface area contributed by atoms with Crippen molar-refractivity contribution >= 4 is 0 Å². The second kappa shape index (κ2) is 5.72. The fourth-order valence-corrected chi connectivity index (χ4v) is 1.14. The van der Waals surface area contributed by atoms with E-state index in [1.165, 1.54) is 0 Å². The summed E-state index contributed by atoms with van der Waals surface area (Å²) in [5.41, 5.74) is 0. The highest BCUT2D eigenvalue weighted by atomic mass is 16.5. The number of hydrogen-bond donors (Lipinski definition) is 1. The summed E-state index contributed by atoms with van der Waals surface area (Å²) < 4.78 is 7.02. The lowest BCUT2D eigenvalue weighted by Gasteiger charge is -2.06. The monoisotopic (exact) mass is 183 g/mol. The normalized spacial score (nSPS) is 10.6. The number of imidazole rings is 1. The molecule has 1 N–H and O–H groups in total. The molecule has 0 aliphatic carbocycles. The van der Waals surface area contributed by atoms with Crippen molar-refractivity contribution in [2.24, 2.45) is 0 Å². The third-order valence-electron chi connectivity index (χ3n) is 1.78. The van der Waals surface area contributed by atoms with Crippen molar-refractivity contribution in [1.82, 2.24) is 14.9 Å². The van der Waals surface area contributed by atoms with E-state index in [4.69, 9.17) is 4.74 Å². The van der Waals surface area contributed by atoms with Gasteiger partial charge in [-0.15, -0.1) is 0 Å². The summed E-state index contributed by atoms with van der Waals surface area (Å²) in [4.78, 5) is 4.23. The van der Waals surface area contributed by atoms with E-state index in [9.17, 15) is 0 Å². The van der Waals surface area contributed by atoms with Gasteiger partial charge in [-0.1, -0.05) is 6.92 Å². The van der Waals surface area contributed by atoms with Gasteiger partial charge in [0.2, 0.25) is 0 Å². The summed E-state index contributed by atoms with van der Waals surface area (Å²) in [6, 6.07) is 0. The van der Waals surface area contributed by atoms with Gasteiger partial charge in [0.25, 0.3) is 0 Å². The van der Waals surface area contributed by atoms with Crippen LogP contribution in [0, 0.1) is 0 Å². The molecule has 0 atom stereocenters. The van der Waals surface area contributed by atoms with Crippen LogP contribution in [0.1, 0.15) is 19.2 Å². The summed E-state index contributed by atoms with van der Waals surface area (Å²) in [6.45, 7) is 4.56. The van der Waals surface area contributed by atoms with Crippen LogP contribution in [0.25, 0.3) is 0 Å². The Hall–Kier alpha value is -0.870. The Balaban J connectivity index is 2.40. The summed E-state index contributed by atoms with van der Waals surface area (Å²) in [5.74, 6) is 1.02. The molecule has 0 aliphatic rings. The van der Waals surface area contributed by atoms with Crippen molar-refractivity contribution in [3.63, 3.8) is 0 Å². The molecule has 0 spiro atoms. The highest BCUT2D eigenvalue weighted by molar-refractivity contribution is 4.90. The average molecular weight is 183 g/mol. The maximum atomic E-state index is 5.03. The minimum absolute atomic E-state index is 0.573. The van der Waals surface area contributed by atoms with Crippen molar-refractivity contribution in [3.05, 3.63) is 18.2 Å². The van der Waals surface area contributed by atoms with Crippen molar-refractivity contribution in [3.8, 4) is 0 Å². The molecule has 0 unspecified atom stereocenters. The van der Waals surface area contributed by atoms with E-state index >= 15 is 0 Å². The molecule has 0 fully saturated rings. The minimum Gasteiger partial charge on any atom is -0.364 e. The van der Waals surface area contributed by atoms with Crippen LogP contribution in [-0.2, 0) is 18.0 Å². The second-order valence-electron chi connectivity index (χ2n) is 2.91. The summed E-state index contributed by atoms with van der Waals surface area (Å²) in [5, 5.41) is 3.30. The van der Waals surface area contributed by atoms with Crippen molar-refractivity contribution in [2.45, 2.75) is 26.6 Å². The average Bonchev–Trinajstić information content (AvgIpc) is 2.54. The molecule has 0 amide bonds. The van der Waals surface area contributed by atoms with Gasteiger partial charge >= 0.3 is 0 Å². The number of nitrogens with zero attached hydrogens (tertiary/aromatic N) is 2. The zero-order valence-electron chi connectivity index (χ0n) is 8.29. The molecule has 0 bridgehead atoms. The Morgan fingerprint density at radius 3 is 3.15 bits per heavy atom. The Morgan fingerprint density at radius 2 is 2.46 bits per heavy atom. The molecule has 1 heterocycles. The number of hydrogen-bond acceptors (Lipinski definition) is 3. The highest BCUT2D eigenvalue weighted by Gasteiger charge is 1.99. The van der Waals surface area contributed by atoms with E-state index in [1.807, 2.05) is 10.8 Å². The van der Waals surface area contributed by atoms with Gasteiger partial charge in [-0.2, -0.15) is 0 Å². The third-order valence-corrected chi connectivity index (χ3v) is 1.78. The van der Waals surface area contributed by atoms with E-state index in [-0.39, 0.29) is 0 Å². The van der Waals surface area contributed by atoms with Gasteiger partial charge in [0, 0.05) is 19.5 Å². The molecule has 4 heteroatoms. The van der Waals surface area contributed by atoms with Gasteiger partial charge < -0.3 is 14.6 Å². The number of ether oxygens (including phenoxy) is 1. The predicted molar refractivity (Wildman–Crippen MR) is 51.2 cm³/mol. The molecular weight excluding hydrogens is 166 g/mol. The first-order valence-electron chi connectivity index (χ1n) is 4.58.